The lowest BCUT2D eigenvalue weighted by molar-refractivity contribution is -0.384. The fourth-order valence-electron chi connectivity index (χ4n) is 2.62. The largest absolute Gasteiger partial charge is 0.490 e. The first-order valence-corrected chi connectivity index (χ1v) is 9.55. The lowest BCUT2D eigenvalue weighted by Gasteiger charge is -2.13. The van der Waals surface area contributed by atoms with Crippen molar-refractivity contribution in [2.75, 3.05) is 13.7 Å². The monoisotopic (exact) mass is 414 g/mol. The first-order chi connectivity index (χ1) is 13.9. The van der Waals surface area contributed by atoms with Crippen LogP contribution in [0.25, 0.3) is 6.08 Å². The van der Waals surface area contributed by atoms with Gasteiger partial charge in [-0.2, -0.15) is 0 Å². The molecule has 1 heterocycles. The van der Waals surface area contributed by atoms with Crippen LogP contribution in [0.4, 0.5) is 10.5 Å². The molecule has 1 aliphatic rings. The van der Waals surface area contributed by atoms with Gasteiger partial charge in [0.15, 0.2) is 11.5 Å². The van der Waals surface area contributed by atoms with E-state index in [4.69, 9.17) is 9.47 Å². The van der Waals surface area contributed by atoms with Crippen LogP contribution < -0.4 is 9.47 Å². The molecule has 2 amide bonds. The minimum atomic E-state index is -0.456. The average molecular weight is 414 g/mol. The van der Waals surface area contributed by atoms with E-state index in [9.17, 15) is 19.7 Å². The SMILES string of the molecule is CCOc1cc(/C=C2\SC(=O)N(C)C2=O)ccc1OCc1cccc([N+](=O)[O-])c1. The van der Waals surface area contributed by atoms with Gasteiger partial charge in [-0.25, -0.2) is 0 Å². The van der Waals surface area contributed by atoms with Crippen molar-refractivity contribution in [2.24, 2.45) is 0 Å². The van der Waals surface area contributed by atoms with E-state index in [0.29, 0.717) is 34.1 Å². The number of thioether (sulfide) groups is 1. The number of imide groups is 1. The molecule has 8 nitrogen and oxygen atoms in total. The number of carbonyl (C=O) groups is 2. The Morgan fingerprint density at radius 1 is 1.14 bits per heavy atom. The highest BCUT2D eigenvalue weighted by molar-refractivity contribution is 8.18. The highest BCUT2D eigenvalue weighted by Gasteiger charge is 2.31. The summed E-state index contributed by atoms with van der Waals surface area (Å²) >= 11 is 0.883. The van der Waals surface area contributed by atoms with Gasteiger partial charge in [0.2, 0.25) is 0 Å². The third-order valence-corrected chi connectivity index (χ3v) is 5.03. The van der Waals surface area contributed by atoms with E-state index in [1.165, 1.54) is 19.2 Å². The fourth-order valence-corrected chi connectivity index (χ4v) is 3.45. The molecular weight excluding hydrogens is 396 g/mol. The van der Waals surface area contributed by atoms with E-state index in [-0.39, 0.29) is 23.4 Å². The van der Waals surface area contributed by atoms with Gasteiger partial charge in [-0.1, -0.05) is 18.2 Å². The summed E-state index contributed by atoms with van der Waals surface area (Å²) in [5.41, 5.74) is 1.34. The van der Waals surface area contributed by atoms with Crippen LogP contribution in [-0.2, 0) is 11.4 Å². The Labute approximate surface area is 171 Å². The van der Waals surface area contributed by atoms with Crippen LogP contribution in [0.15, 0.2) is 47.4 Å². The van der Waals surface area contributed by atoms with Crippen molar-refractivity contribution >= 4 is 34.7 Å². The molecule has 0 saturated carbocycles. The summed E-state index contributed by atoms with van der Waals surface area (Å²) in [5.74, 6) is 0.602. The highest BCUT2D eigenvalue weighted by Crippen LogP contribution is 2.34. The molecule has 0 spiro atoms. The molecule has 150 valence electrons. The molecule has 2 aromatic rings. The molecule has 0 bridgehead atoms. The number of amides is 2. The summed E-state index contributed by atoms with van der Waals surface area (Å²) in [6.45, 7) is 2.37. The predicted octanol–water partition coefficient (Wildman–Crippen LogP) is 4.24. The molecule has 1 aliphatic heterocycles. The molecule has 9 heteroatoms. The van der Waals surface area contributed by atoms with Crippen LogP contribution in [0.2, 0.25) is 0 Å². The van der Waals surface area contributed by atoms with Gasteiger partial charge in [0.1, 0.15) is 6.61 Å². The second-order valence-corrected chi connectivity index (χ2v) is 7.09. The average Bonchev–Trinajstić information content (AvgIpc) is 2.94. The lowest BCUT2D eigenvalue weighted by Crippen LogP contribution is -2.22. The van der Waals surface area contributed by atoms with E-state index in [1.807, 2.05) is 6.92 Å². The van der Waals surface area contributed by atoms with Crippen molar-refractivity contribution in [1.82, 2.24) is 4.90 Å². The fraction of sp³-hybridized carbons (Fsp3) is 0.200. The number of hydrogen-bond acceptors (Lipinski definition) is 7. The third-order valence-electron chi connectivity index (χ3n) is 4.07. The first kappa shape index (κ1) is 20.4. The zero-order valence-corrected chi connectivity index (χ0v) is 16.6. The number of non-ortho nitro benzene ring substituents is 1. The van der Waals surface area contributed by atoms with Gasteiger partial charge in [0, 0.05) is 19.2 Å². The zero-order chi connectivity index (χ0) is 21.0. The Bertz CT molecular complexity index is 1000. The van der Waals surface area contributed by atoms with E-state index in [0.717, 1.165) is 16.7 Å². The Kier molecular flexibility index (Phi) is 6.18. The second-order valence-electron chi connectivity index (χ2n) is 6.10. The molecule has 0 aliphatic carbocycles. The number of nitro groups is 1. The number of hydrogen-bond donors (Lipinski definition) is 0. The van der Waals surface area contributed by atoms with Gasteiger partial charge in [0.25, 0.3) is 16.8 Å². The number of carbonyl (C=O) groups excluding carboxylic acids is 2. The van der Waals surface area contributed by atoms with Crippen LogP contribution in [0.1, 0.15) is 18.1 Å². The first-order valence-electron chi connectivity index (χ1n) is 8.73. The van der Waals surface area contributed by atoms with Gasteiger partial charge in [-0.05, 0) is 48.0 Å². The maximum absolute atomic E-state index is 12.0. The zero-order valence-electron chi connectivity index (χ0n) is 15.8. The number of nitro benzene ring substituents is 1. The molecule has 0 unspecified atom stereocenters. The molecule has 1 saturated heterocycles. The highest BCUT2D eigenvalue weighted by atomic mass is 32.2. The number of nitrogens with zero attached hydrogens (tertiary/aromatic N) is 2. The van der Waals surface area contributed by atoms with E-state index in [2.05, 4.69) is 0 Å². The van der Waals surface area contributed by atoms with Gasteiger partial charge in [-0.15, -0.1) is 0 Å². The van der Waals surface area contributed by atoms with Crippen LogP contribution >= 0.6 is 11.8 Å². The van der Waals surface area contributed by atoms with Crippen molar-refractivity contribution in [2.45, 2.75) is 13.5 Å². The van der Waals surface area contributed by atoms with Gasteiger partial charge in [-0.3, -0.25) is 24.6 Å². The van der Waals surface area contributed by atoms with E-state index < -0.39 is 4.92 Å². The number of rotatable bonds is 7. The Morgan fingerprint density at radius 3 is 2.59 bits per heavy atom. The van der Waals surface area contributed by atoms with Crippen LogP contribution in [0, 0.1) is 10.1 Å². The normalized spacial score (nSPS) is 15.1. The summed E-state index contributed by atoms with van der Waals surface area (Å²) < 4.78 is 11.4. The van der Waals surface area contributed by atoms with Crippen molar-refractivity contribution < 1.29 is 24.0 Å². The molecule has 29 heavy (non-hydrogen) atoms. The van der Waals surface area contributed by atoms with Crippen molar-refractivity contribution in [3.05, 3.63) is 68.6 Å². The molecule has 0 radical (unpaired) electrons. The summed E-state index contributed by atoms with van der Waals surface area (Å²) in [6, 6.07) is 11.4. The Morgan fingerprint density at radius 2 is 1.93 bits per heavy atom. The standard InChI is InChI=1S/C20H18N2O6S/c1-3-27-17-10-13(11-18-19(23)21(2)20(24)29-18)7-8-16(17)28-12-14-5-4-6-15(9-14)22(25)26/h4-11H,3,12H2,1-2H3/b18-11-. The smallest absolute Gasteiger partial charge is 0.293 e. The minimum Gasteiger partial charge on any atom is -0.490 e. The van der Waals surface area contributed by atoms with Crippen LogP contribution in [0.3, 0.4) is 0 Å². The topological polar surface area (TPSA) is 99.0 Å². The Balaban J connectivity index is 1.80. The predicted molar refractivity (Wildman–Crippen MR) is 109 cm³/mol. The number of likely N-dealkylation sites (N-methyl/N-ethyl adjacent to an activating group) is 1. The van der Waals surface area contributed by atoms with E-state index >= 15 is 0 Å². The summed E-state index contributed by atoms with van der Waals surface area (Å²) in [6.07, 6.45) is 1.63. The van der Waals surface area contributed by atoms with Crippen molar-refractivity contribution in [3.63, 3.8) is 0 Å². The maximum atomic E-state index is 12.0. The van der Waals surface area contributed by atoms with Crippen molar-refractivity contribution in [3.8, 4) is 11.5 Å². The third kappa shape index (κ3) is 4.75. The maximum Gasteiger partial charge on any atom is 0.293 e. The number of benzene rings is 2. The van der Waals surface area contributed by atoms with Gasteiger partial charge in [0.05, 0.1) is 16.4 Å². The molecule has 0 N–H and O–H groups in total. The molecule has 2 aromatic carbocycles. The quantitative estimate of drug-likeness (QED) is 0.380. The van der Waals surface area contributed by atoms with Crippen LogP contribution in [0.5, 0.6) is 11.5 Å². The molecule has 1 fully saturated rings. The Hall–Kier alpha value is -3.33. The second kappa shape index (κ2) is 8.78. The summed E-state index contributed by atoms with van der Waals surface area (Å²) in [5, 5.41) is 10.6. The molecular formula is C20H18N2O6S. The van der Waals surface area contributed by atoms with Gasteiger partial charge >= 0.3 is 0 Å². The van der Waals surface area contributed by atoms with E-state index in [1.54, 1.807) is 36.4 Å². The number of ether oxygens (including phenoxy) is 2. The summed E-state index contributed by atoms with van der Waals surface area (Å²) in [4.78, 5) is 35.5. The van der Waals surface area contributed by atoms with Gasteiger partial charge < -0.3 is 9.47 Å². The lowest BCUT2D eigenvalue weighted by atomic mass is 10.1. The minimum absolute atomic E-state index is 0.00338. The molecule has 0 atom stereocenters. The van der Waals surface area contributed by atoms with Crippen LogP contribution in [-0.4, -0.2) is 34.6 Å². The van der Waals surface area contributed by atoms with Crippen molar-refractivity contribution in [1.29, 1.82) is 0 Å². The molecule has 0 aromatic heterocycles. The molecule has 3 rings (SSSR count). The summed E-state index contributed by atoms with van der Waals surface area (Å²) in [7, 11) is 1.44.